The highest BCUT2D eigenvalue weighted by atomic mass is 16.7. The third-order valence-electron chi connectivity index (χ3n) is 10.2. The fourth-order valence-corrected chi connectivity index (χ4v) is 6.74. The van der Waals surface area contributed by atoms with Crippen LogP contribution in [0.15, 0.2) is 12.2 Å². The first-order chi connectivity index (χ1) is 24.1. The van der Waals surface area contributed by atoms with Gasteiger partial charge >= 0.3 is 0 Å². The molecule has 1 heterocycles. The molecule has 0 amide bonds. The number of rotatable bonds is 33. The summed E-state index contributed by atoms with van der Waals surface area (Å²) in [4.78, 5) is 13.4. The Morgan fingerprint density at radius 3 is 1.66 bits per heavy atom. The molecular weight excluding hydrogens is 636 g/mol. The van der Waals surface area contributed by atoms with Crippen molar-refractivity contribution in [1.82, 2.24) is 0 Å². The van der Waals surface area contributed by atoms with E-state index in [1.165, 1.54) is 103 Å². The Kier molecular flexibility index (Phi) is 28.8. The van der Waals surface area contributed by atoms with Gasteiger partial charge in [0.25, 0.3) is 0 Å². The number of Topliss-reactive ketones (excluding diaryl/α,β-unsaturated/α-hetero) is 1. The van der Waals surface area contributed by atoms with Crippen molar-refractivity contribution in [3.05, 3.63) is 12.2 Å². The maximum absolute atomic E-state index is 13.4. The summed E-state index contributed by atoms with van der Waals surface area (Å²) in [6.07, 6.45) is 21.2. The molecule has 6 N–H and O–H groups in total. The summed E-state index contributed by atoms with van der Waals surface area (Å²) < 4.78 is 11.1. The zero-order valence-corrected chi connectivity index (χ0v) is 32.1. The first-order valence-electron chi connectivity index (χ1n) is 20.6. The number of ketones is 1. The fourth-order valence-electron chi connectivity index (χ4n) is 6.74. The van der Waals surface area contributed by atoms with Crippen LogP contribution in [0, 0.1) is 11.8 Å². The minimum atomic E-state index is -1.62. The summed E-state index contributed by atoms with van der Waals surface area (Å²) in [5.41, 5.74) is 0. The van der Waals surface area contributed by atoms with Crippen molar-refractivity contribution < 1.29 is 44.9 Å². The summed E-state index contributed by atoms with van der Waals surface area (Å²) >= 11 is 0. The molecule has 1 rings (SSSR count). The van der Waals surface area contributed by atoms with E-state index in [9.17, 15) is 35.4 Å². The number of aliphatic hydroxyl groups excluding tert-OH is 6. The average molecular weight is 715 g/mol. The number of allylic oxidation sites excluding steroid dienone is 1. The molecular formula is C41H78O9. The van der Waals surface area contributed by atoms with Crippen molar-refractivity contribution >= 4 is 5.78 Å². The number of hydrogen-bond donors (Lipinski definition) is 6. The van der Waals surface area contributed by atoms with Gasteiger partial charge in [0.15, 0.2) is 12.1 Å². The van der Waals surface area contributed by atoms with Gasteiger partial charge in [-0.1, -0.05) is 168 Å². The van der Waals surface area contributed by atoms with Gasteiger partial charge in [0.2, 0.25) is 0 Å². The van der Waals surface area contributed by atoms with E-state index in [1.54, 1.807) is 6.08 Å². The molecule has 0 aromatic carbocycles. The van der Waals surface area contributed by atoms with Gasteiger partial charge in [0.05, 0.1) is 25.2 Å². The maximum atomic E-state index is 13.4. The number of ether oxygens (including phenoxy) is 2. The van der Waals surface area contributed by atoms with Gasteiger partial charge < -0.3 is 40.1 Å². The fraction of sp³-hybridized carbons (Fsp3) is 0.927. The average Bonchev–Trinajstić information content (AvgIpc) is 3.10. The van der Waals surface area contributed by atoms with Crippen LogP contribution in [0.25, 0.3) is 0 Å². The molecule has 1 fully saturated rings. The van der Waals surface area contributed by atoms with Crippen molar-refractivity contribution in [1.29, 1.82) is 0 Å². The molecule has 0 aromatic rings. The SMILES string of the molecule is CCCCCCCCCCCCCC[C@@H](O)C(=O)[C@@H](CO[C@@H]1O[C@H](CO)[C@H](O)[C@H](O)[C@H]1O)[C@H](O)/C=C/CCCCCCCCCCCC(C)C. The van der Waals surface area contributed by atoms with Crippen LogP contribution in [-0.4, -0.2) is 92.5 Å². The van der Waals surface area contributed by atoms with Crippen molar-refractivity contribution in [3.63, 3.8) is 0 Å². The molecule has 296 valence electrons. The lowest BCUT2D eigenvalue weighted by molar-refractivity contribution is -0.303. The van der Waals surface area contributed by atoms with E-state index in [4.69, 9.17) is 9.47 Å². The zero-order chi connectivity index (χ0) is 37.0. The minimum Gasteiger partial charge on any atom is -0.394 e. The second-order valence-electron chi connectivity index (χ2n) is 15.3. The zero-order valence-electron chi connectivity index (χ0n) is 32.1. The molecule has 1 aliphatic rings. The number of carbonyl (C=O) groups excluding carboxylic acids is 1. The van der Waals surface area contributed by atoms with E-state index in [2.05, 4.69) is 20.8 Å². The van der Waals surface area contributed by atoms with Crippen molar-refractivity contribution in [3.8, 4) is 0 Å². The highest BCUT2D eigenvalue weighted by Crippen LogP contribution is 2.24. The molecule has 0 aliphatic carbocycles. The van der Waals surface area contributed by atoms with Crippen LogP contribution in [0.5, 0.6) is 0 Å². The number of carbonyl (C=O) groups is 1. The van der Waals surface area contributed by atoms with Gasteiger partial charge in [-0.15, -0.1) is 0 Å². The lowest BCUT2D eigenvalue weighted by Crippen LogP contribution is -2.59. The van der Waals surface area contributed by atoms with Crippen molar-refractivity contribution in [2.24, 2.45) is 11.8 Å². The molecule has 1 aliphatic heterocycles. The van der Waals surface area contributed by atoms with Crippen LogP contribution in [-0.2, 0) is 14.3 Å². The van der Waals surface area contributed by atoms with Crippen molar-refractivity contribution in [2.75, 3.05) is 13.2 Å². The lowest BCUT2D eigenvalue weighted by Gasteiger charge is -2.40. The molecule has 0 spiro atoms. The Bertz CT molecular complexity index is 820. The molecule has 0 saturated carbocycles. The van der Waals surface area contributed by atoms with Gasteiger partial charge in [-0.3, -0.25) is 4.79 Å². The number of aliphatic hydroxyl groups is 6. The highest BCUT2D eigenvalue weighted by molar-refractivity contribution is 5.86. The van der Waals surface area contributed by atoms with E-state index < -0.39 is 61.2 Å². The van der Waals surface area contributed by atoms with Crippen LogP contribution < -0.4 is 0 Å². The normalized spacial score (nSPS) is 23.1. The maximum Gasteiger partial charge on any atom is 0.186 e. The Balaban J connectivity index is 2.52. The van der Waals surface area contributed by atoms with Gasteiger partial charge in [-0.05, 0) is 25.2 Å². The van der Waals surface area contributed by atoms with Crippen LogP contribution in [0.1, 0.15) is 175 Å². The van der Waals surface area contributed by atoms with Gasteiger partial charge in [-0.2, -0.15) is 0 Å². The predicted molar refractivity (Wildman–Crippen MR) is 201 cm³/mol. The summed E-state index contributed by atoms with van der Waals surface area (Å²) in [5.74, 6) is -0.868. The third-order valence-corrected chi connectivity index (χ3v) is 10.2. The van der Waals surface area contributed by atoms with Gasteiger partial charge in [-0.25, -0.2) is 0 Å². The molecule has 9 nitrogen and oxygen atoms in total. The Labute approximate surface area is 305 Å². The van der Waals surface area contributed by atoms with Crippen LogP contribution >= 0.6 is 0 Å². The molecule has 50 heavy (non-hydrogen) atoms. The molecule has 0 unspecified atom stereocenters. The Morgan fingerprint density at radius 1 is 0.680 bits per heavy atom. The lowest BCUT2D eigenvalue weighted by atomic mass is 9.91. The molecule has 8 atom stereocenters. The summed E-state index contributed by atoms with van der Waals surface area (Å²) in [6.45, 7) is 5.82. The van der Waals surface area contributed by atoms with E-state index in [0.29, 0.717) is 12.8 Å². The Morgan fingerprint density at radius 2 is 1.16 bits per heavy atom. The van der Waals surface area contributed by atoms with E-state index in [-0.39, 0.29) is 6.61 Å². The molecule has 1 saturated heterocycles. The largest absolute Gasteiger partial charge is 0.394 e. The monoisotopic (exact) mass is 715 g/mol. The van der Waals surface area contributed by atoms with Crippen molar-refractivity contribution in [2.45, 2.75) is 218 Å². The number of unbranched alkanes of at least 4 members (excludes halogenated alkanes) is 20. The molecule has 0 radical (unpaired) electrons. The summed E-state index contributed by atoms with van der Waals surface area (Å²) in [5, 5.41) is 62.0. The van der Waals surface area contributed by atoms with Gasteiger partial charge in [0.1, 0.15) is 30.5 Å². The second-order valence-corrected chi connectivity index (χ2v) is 15.3. The molecule has 0 aromatic heterocycles. The molecule has 9 heteroatoms. The third kappa shape index (κ3) is 21.6. The van der Waals surface area contributed by atoms with Crippen LogP contribution in [0.2, 0.25) is 0 Å². The van der Waals surface area contributed by atoms with Gasteiger partial charge in [0, 0.05) is 0 Å². The van der Waals surface area contributed by atoms with Crippen LogP contribution in [0.4, 0.5) is 0 Å². The predicted octanol–water partition coefficient (Wildman–Crippen LogP) is 7.30. The first kappa shape index (κ1) is 47.1. The van der Waals surface area contributed by atoms with E-state index >= 15 is 0 Å². The molecule has 0 bridgehead atoms. The standard InChI is InChI=1S/C41H78O9/c1-4-5-6-7-8-9-10-13-17-20-23-26-29-35(44)37(45)33(31-49-41-40(48)39(47)38(46)36(30-42)50-41)34(43)28-25-22-19-16-14-11-12-15-18-21-24-27-32(2)3/h25,28,32-36,38-44,46-48H,4-24,26-27,29-31H2,1-3H3/b28-25+/t33-,34+,35+,36+,38-,39-,40+,41+/m0/s1. The quantitative estimate of drug-likeness (QED) is 0.0303. The smallest absolute Gasteiger partial charge is 0.186 e. The Hall–Kier alpha value is -0.910. The summed E-state index contributed by atoms with van der Waals surface area (Å²) in [7, 11) is 0. The number of hydrogen-bond acceptors (Lipinski definition) is 9. The highest BCUT2D eigenvalue weighted by Gasteiger charge is 2.44. The summed E-state index contributed by atoms with van der Waals surface area (Å²) in [6, 6.07) is 0. The second kappa shape index (κ2) is 30.5. The first-order valence-corrected chi connectivity index (χ1v) is 20.6. The van der Waals surface area contributed by atoms with Crippen LogP contribution in [0.3, 0.4) is 0 Å². The van der Waals surface area contributed by atoms with E-state index in [1.807, 2.05) is 6.08 Å². The van der Waals surface area contributed by atoms with E-state index in [0.717, 1.165) is 44.4 Å². The topological polar surface area (TPSA) is 157 Å². The minimum absolute atomic E-state index is 0.293.